The molecule has 1 aromatic heterocycles. The molecule has 0 atom stereocenters. The fourth-order valence-corrected chi connectivity index (χ4v) is 3.62. The molecule has 0 fully saturated rings. The number of hydrogen-bond donors (Lipinski definition) is 1. The molecule has 8 heteroatoms. The number of benzene rings is 2. The molecule has 0 aliphatic carbocycles. The van der Waals surface area contributed by atoms with Crippen molar-refractivity contribution in [3.05, 3.63) is 64.4 Å². The summed E-state index contributed by atoms with van der Waals surface area (Å²) < 4.78 is 7.66. The first-order chi connectivity index (χ1) is 14.0. The molecule has 0 saturated heterocycles. The number of aromatic nitrogens is 3. The molecule has 3 aromatic rings. The lowest BCUT2D eigenvalue weighted by molar-refractivity contribution is -0.113. The van der Waals surface area contributed by atoms with Gasteiger partial charge in [0.2, 0.25) is 5.91 Å². The van der Waals surface area contributed by atoms with Crippen LogP contribution in [0.15, 0.2) is 47.6 Å². The quantitative estimate of drug-likeness (QED) is 0.527. The number of carbonyl (C=O) groups excluding carboxylic acids is 1. The standard InChI is InChI=1S/C21H23ClN4O2S/c1-4-15-5-8-17(9-6-15)23-20(27)13-29-21-25-24-19(26(21)3)12-28-18-10-7-16(22)11-14(18)2/h5-11H,4,12-13H2,1-3H3,(H,23,27). The van der Waals surface area contributed by atoms with E-state index in [2.05, 4.69) is 22.4 Å². The van der Waals surface area contributed by atoms with Crippen molar-refractivity contribution in [1.29, 1.82) is 0 Å². The van der Waals surface area contributed by atoms with Crippen LogP contribution in [0.5, 0.6) is 5.75 Å². The topological polar surface area (TPSA) is 69.0 Å². The molecule has 0 aliphatic heterocycles. The Kier molecular flexibility index (Phi) is 7.17. The smallest absolute Gasteiger partial charge is 0.234 e. The lowest BCUT2D eigenvalue weighted by Gasteiger charge is -2.09. The van der Waals surface area contributed by atoms with Crippen molar-refractivity contribution >= 4 is 35.0 Å². The van der Waals surface area contributed by atoms with Gasteiger partial charge in [-0.05, 0) is 54.8 Å². The summed E-state index contributed by atoms with van der Waals surface area (Å²) in [5.74, 6) is 1.59. The third-order valence-corrected chi connectivity index (χ3v) is 5.65. The molecule has 0 aliphatic rings. The summed E-state index contributed by atoms with van der Waals surface area (Å²) in [7, 11) is 1.86. The van der Waals surface area contributed by atoms with Crippen molar-refractivity contribution in [2.75, 3.05) is 11.1 Å². The van der Waals surface area contributed by atoms with E-state index in [0.717, 1.165) is 23.4 Å². The Hall–Kier alpha value is -2.51. The number of aryl methyl sites for hydroxylation is 2. The zero-order chi connectivity index (χ0) is 20.8. The number of ether oxygens (including phenoxy) is 1. The molecule has 1 heterocycles. The lowest BCUT2D eigenvalue weighted by Crippen LogP contribution is -2.14. The summed E-state index contributed by atoms with van der Waals surface area (Å²) in [6.07, 6.45) is 0.972. The average molecular weight is 431 g/mol. The Balaban J connectivity index is 1.52. The van der Waals surface area contributed by atoms with Crippen LogP contribution in [0.1, 0.15) is 23.9 Å². The normalized spacial score (nSPS) is 10.8. The highest BCUT2D eigenvalue weighted by atomic mass is 35.5. The first kappa shape index (κ1) is 21.2. The van der Waals surface area contributed by atoms with Gasteiger partial charge in [0.25, 0.3) is 0 Å². The maximum Gasteiger partial charge on any atom is 0.234 e. The molecule has 2 aromatic carbocycles. The molecule has 152 valence electrons. The van der Waals surface area contributed by atoms with Crippen molar-refractivity contribution in [3.8, 4) is 5.75 Å². The van der Waals surface area contributed by atoms with E-state index in [9.17, 15) is 4.79 Å². The molecule has 0 spiro atoms. The summed E-state index contributed by atoms with van der Waals surface area (Å²) >= 11 is 7.30. The average Bonchev–Trinajstić information content (AvgIpc) is 3.06. The molecule has 0 saturated carbocycles. The van der Waals surface area contributed by atoms with E-state index in [0.29, 0.717) is 16.0 Å². The number of carbonyl (C=O) groups is 1. The molecule has 1 amide bonds. The van der Waals surface area contributed by atoms with E-state index >= 15 is 0 Å². The third kappa shape index (κ3) is 5.74. The van der Waals surface area contributed by atoms with E-state index in [-0.39, 0.29) is 18.3 Å². The van der Waals surface area contributed by atoms with Crippen molar-refractivity contribution in [2.24, 2.45) is 7.05 Å². The largest absolute Gasteiger partial charge is 0.485 e. The third-order valence-electron chi connectivity index (χ3n) is 4.40. The molecule has 0 bridgehead atoms. The molecule has 1 N–H and O–H groups in total. The summed E-state index contributed by atoms with van der Waals surface area (Å²) in [6, 6.07) is 13.3. The first-order valence-corrected chi connectivity index (χ1v) is 10.6. The van der Waals surface area contributed by atoms with Gasteiger partial charge in [-0.2, -0.15) is 0 Å². The van der Waals surface area contributed by atoms with Crippen LogP contribution in [0.3, 0.4) is 0 Å². The number of nitrogens with zero attached hydrogens (tertiary/aromatic N) is 3. The van der Waals surface area contributed by atoms with Gasteiger partial charge in [0, 0.05) is 17.8 Å². The number of anilines is 1. The van der Waals surface area contributed by atoms with E-state index in [1.807, 2.05) is 54.9 Å². The van der Waals surface area contributed by atoms with Gasteiger partial charge in [-0.1, -0.05) is 42.4 Å². The number of halogens is 1. The maximum absolute atomic E-state index is 12.2. The number of nitrogens with one attached hydrogen (secondary N) is 1. The Bertz CT molecular complexity index is 989. The highest BCUT2D eigenvalue weighted by Gasteiger charge is 2.13. The summed E-state index contributed by atoms with van der Waals surface area (Å²) in [4.78, 5) is 12.2. The van der Waals surface area contributed by atoms with Crippen LogP contribution < -0.4 is 10.1 Å². The Morgan fingerprint density at radius 3 is 2.66 bits per heavy atom. The summed E-state index contributed by atoms with van der Waals surface area (Å²) in [5.41, 5.74) is 2.98. The zero-order valence-corrected chi connectivity index (χ0v) is 18.2. The predicted molar refractivity (Wildman–Crippen MR) is 117 cm³/mol. The number of rotatable bonds is 8. The minimum absolute atomic E-state index is 0.0863. The maximum atomic E-state index is 12.2. The highest BCUT2D eigenvalue weighted by molar-refractivity contribution is 7.99. The van der Waals surface area contributed by atoms with Crippen LogP contribution >= 0.6 is 23.4 Å². The number of thioether (sulfide) groups is 1. The van der Waals surface area contributed by atoms with E-state index < -0.39 is 0 Å². The van der Waals surface area contributed by atoms with Gasteiger partial charge in [-0.25, -0.2) is 0 Å². The van der Waals surface area contributed by atoms with Gasteiger partial charge in [-0.15, -0.1) is 10.2 Å². The van der Waals surface area contributed by atoms with Crippen molar-refractivity contribution in [3.63, 3.8) is 0 Å². The molecule has 6 nitrogen and oxygen atoms in total. The Labute approximate surface area is 179 Å². The fourth-order valence-electron chi connectivity index (χ4n) is 2.66. The van der Waals surface area contributed by atoms with Crippen LogP contribution in [-0.2, 0) is 24.9 Å². The van der Waals surface area contributed by atoms with Crippen molar-refractivity contribution in [2.45, 2.75) is 32.0 Å². The number of hydrogen-bond acceptors (Lipinski definition) is 5. The van der Waals surface area contributed by atoms with Crippen molar-refractivity contribution < 1.29 is 9.53 Å². The molecular formula is C21H23ClN4O2S. The van der Waals surface area contributed by atoms with Gasteiger partial charge in [0.1, 0.15) is 12.4 Å². The van der Waals surface area contributed by atoms with Gasteiger partial charge >= 0.3 is 0 Å². The second-order valence-electron chi connectivity index (χ2n) is 6.54. The van der Waals surface area contributed by atoms with Crippen LogP contribution in [0, 0.1) is 6.92 Å². The molecule has 0 unspecified atom stereocenters. The second kappa shape index (κ2) is 9.80. The molecule has 0 radical (unpaired) electrons. The fraction of sp³-hybridized carbons (Fsp3) is 0.286. The molecule has 29 heavy (non-hydrogen) atoms. The summed E-state index contributed by atoms with van der Waals surface area (Å²) in [6.45, 7) is 4.32. The minimum atomic E-state index is -0.0863. The predicted octanol–water partition coefficient (Wildman–Crippen LogP) is 4.65. The Morgan fingerprint density at radius 2 is 1.97 bits per heavy atom. The second-order valence-corrected chi connectivity index (χ2v) is 7.92. The molecular weight excluding hydrogens is 408 g/mol. The van der Waals surface area contributed by atoms with Gasteiger partial charge in [-0.3, -0.25) is 4.79 Å². The van der Waals surface area contributed by atoms with Crippen LogP contribution in [0.2, 0.25) is 5.02 Å². The minimum Gasteiger partial charge on any atom is -0.485 e. The SMILES string of the molecule is CCc1ccc(NC(=O)CSc2nnc(COc3ccc(Cl)cc3C)n2C)cc1. The molecule has 3 rings (SSSR count). The van der Waals surface area contributed by atoms with Crippen LogP contribution in [-0.4, -0.2) is 26.4 Å². The van der Waals surface area contributed by atoms with Gasteiger partial charge in [0.15, 0.2) is 11.0 Å². The van der Waals surface area contributed by atoms with Crippen LogP contribution in [0.25, 0.3) is 0 Å². The van der Waals surface area contributed by atoms with Gasteiger partial charge in [0.05, 0.1) is 5.75 Å². The monoisotopic (exact) mass is 430 g/mol. The Morgan fingerprint density at radius 1 is 1.21 bits per heavy atom. The lowest BCUT2D eigenvalue weighted by atomic mass is 10.1. The van der Waals surface area contributed by atoms with Crippen LogP contribution in [0.4, 0.5) is 5.69 Å². The van der Waals surface area contributed by atoms with E-state index in [4.69, 9.17) is 16.3 Å². The first-order valence-electron chi connectivity index (χ1n) is 9.25. The highest BCUT2D eigenvalue weighted by Crippen LogP contribution is 2.23. The van der Waals surface area contributed by atoms with Crippen molar-refractivity contribution in [1.82, 2.24) is 14.8 Å². The van der Waals surface area contributed by atoms with Gasteiger partial charge < -0.3 is 14.6 Å². The zero-order valence-electron chi connectivity index (χ0n) is 16.6. The number of amides is 1. The van der Waals surface area contributed by atoms with E-state index in [1.54, 1.807) is 6.07 Å². The van der Waals surface area contributed by atoms with E-state index in [1.165, 1.54) is 17.3 Å². The summed E-state index contributed by atoms with van der Waals surface area (Å²) in [5, 5.41) is 12.6.